The summed E-state index contributed by atoms with van der Waals surface area (Å²) >= 11 is 6.09. The van der Waals surface area contributed by atoms with Gasteiger partial charge in [-0.1, -0.05) is 36.2 Å². The van der Waals surface area contributed by atoms with E-state index in [1.165, 1.54) is 0 Å². The standard InChI is InChI=1S/C19H19ClN2O2/c1-21-17(23)13-5-2-8-16(11-13)22-18(24)19(9-4-10-19)14-6-3-7-15(20)12-14/h2-3,5-8,11-12H,4,9-10H2,1H3,(H,21,23)(H,22,24). The van der Waals surface area contributed by atoms with Crippen LogP contribution in [0.1, 0.15) is 35.2 Å². The summed E-state index contributed by atoms with van der Waals surface area (Å²) in [6.45, 7) is 0. The lowest BCUT2D eigenvalue weighted by Crippen LogP contribution is -2.46. The highest BCUT2D eigenvalue weighted by molar-refractivity contribution is 6.30. The summed E-state index contributed by atoms with van der Waals surface area (Å²) in [6, 6.07) is 14.4. The molecule has 24 heavy (non-hydrogen) atoms. The molecule has 0 heterocycles. The second kappa shape index (κ2) is 6.65. The van der Waals surface area contributed by atoms with E-state index in [4.69, 9.17) is 11.6 Å². The summed E-state index contributed by atoms with van der Waals surface area (Å²) in [5.74, 6) is -0.232. The normalized spacial score (nSPS) is 15.2. The van der Waals surface area contributed by atoms with Crippen LogP contribution in [0.4, 0.5) is 5.69 Å². The highest BCUT2D eigenvalue weighted by atomic mass is 35.5. The fourth-order valence-corrected chi connectivity index (χ4v) is 3.29. The highest BCUT2D eigenvalue weighted by Gasteiger charge is 2.45. The summed E-state index contributed by atoms with van der Waals surface area (Å²) in [5, 5.41) is 6.17. The van der Waals surface area contributed by atoms with Crippen molar-refractivity contribution in [2.45, 2.75) is 24.7 Å². The molecular formula is C19H19ClN2O2. The third-order valence-electron chi connectivity index (χ3n) is 4.63. The molecular weight excluding hydrogens is 324 g/mol. The van der Waals surface area contributed by atoms with Gasteiger partial charge < -0.3 is 10.6 Å². The molecule has 4 nitrogen and oxygen atoms in total. The quantitative estimate of drug-likeness (QED) is 0.888. The van der Waals surface area contributed by atoms with Crippen molar-refractivity contribution >= 4 is 29.1 Å². The van der Waals surface area contributed by atoms with E-state index in [0.717, 1.165) is 24.8 Å². The van der Waals surface area contributed by atoms with Crippen LogP contribution in [-0.4, -0.2) is 18.9 Å². The first-order valence-electron chi connectivity index (χ1n) is 7.95. The Labute approximate surface area is 146 Å². The van der Waals surface area contributed by atoms with Crippen LogP contribution in [0.25, 0.3) is 0 Å². The number of rotatable bonds is 4. The van der Waals surface area contributed by atoms with Gasteiger partial charge in [-0.05, 0) is 48.7 Å². The summed E-state index contributed by atoms with van der Waals surface area (Å²) in [6.07, 6.45) is 2.61. The summed E-state index contributed by atoms with van der Waals surface area (Å²) in [5.41, 5.74) is 1.55. The Balaban J connectivity index is 1.85. The van der Waals surface area contributed by atoms with Crippen LogP contribution in [-0.2, 0) is 10.2 Å². The first-order chi connectivity index (χ1) is 11.5. The van der Waals surface area contributed by atoms with E-state index in [1.54, 1.807) is 31.3 Å². The second-order valence-corrected chi connectivity index (χ2v) is 6.50. The van der Waals surface area contributed by atoms with Crippen molar-refractivity contribution < 1.29 is 9.59 Å². The van der Waals surface area contributed by atoms with Crippen LogP contribution in [0, 0.1) is 0 Å². The lowest BCUT2D eigenvalue weighted by atomic mass is 9.64. The monoisotopic (exact) mass is 342 g/mol. The first-order valence-corrected chi connectivity index (χ1v) is 8.33. The largest absolute Gasteiger partial charge is 0.355 e. The number of carbonyl (C=O) groups excluding carboxylic acids is 2. The summed E-state index contributed by atoms with van der Waals surface area (Å²) in [7, 11) is 1.58. The van der Waals surface area contributed by atoms with Gasteiger partial charge >= 0.3 is 0 Å². The minimum Gasteiger partial charge on any atom is -0.355 e. The number of hydrogen-bond acceptors (Lipinski definition) is 2. The molecule has 2 N–H and O–H groups in total. The summed E-state index contributed by atoms with van der Waals surface area (Å²) < 4.78 is 0. The molecule has 0 atom stereocenters. The van der Waals surface area contributed by atoms with Crippen LogP contribution in [0.5, 0.6) is 0 Å². The second-order valence-electron chi connectivity index (χ2n) is 6.06. The molecule has 2 aromatic carbocycles. The number of amides is 2. The molecule has 0 bridgehead atoms. The molecule has 1 saturated carbocycles. The molecule has 2 aromatic rings. The predicted molar refractivity (Wildman–Crippen MR) is 95.4 cm³/mol. The molecule has 3 rings (SSSR count). The van der Waals surface area contributed by atoms with E-state index in [9.17, 15) is 9.59 Å². The Kier molecular flexibility index (Phi) is 4.58. The Morgan fingerprint density at radius 3 is 2.46 bits per heavy atom. The van der Waals surface area contributed by atoms with Gasteiger partial charge in [0.05, 0.1) is 5.41 Å². The molecule has 124 valence electrons. The van der Waals surface area contributed by atoms with Gasteiger partial charge in [-0.2, -0.15) is 0 Å². The molecule has 0 unspecified atom stereocenters. The molecule has 1 fully saturated rings. The topological polar surface area (TPSA) is 58.2 Å². The van der Waals surface area contributed by atoms with Crippen LogP contribution < -0.4 is 10.6 Å². The molecule has 0 radical (unpaired) electrons. The molecule has 0 aliphatic heterocycles. The van der Waals surface area contributed by atoms with E-state index in [1.807, 2.05) is 24.3 Å². The third-order valence-corrected chi connectivity index (χ3v) is 4.86. The minimum atomic E-state index is -0.534. The Hall–Kier alpha value is -2.33. The lowest BCUT2D eigenvalue weighted by Gasteiger charge is -2.40. The summed E-state index contributed by atoms with van der Waals surface area (Å²) in [4.78, 5) is 24.7. The van der Waals surface area contributed by atoms with E-state index in [-0.39, 0.29) is 11.8 Å². The third kappa shape index (κ3) is 3.02. The van der Waals surface area contributed by atoms with Gasteiger partial charge in [0.15, 0.2) is 0 Å². The van der Waals surface area contributed by atoms with Gasteiger partial charge in [-0.15, -0.1) is 0 Å². The Morgan fingerprint density at radius 1 is 1.08 bits per heavy atom. The highest BCUT2D eigenvalue weighted by Crippen LogP contribution is 2.45. The van der Waals surface area contributed by atoms with Crippen LogP contribution in [0.2, 0.25) is 5.02 Å². The van der Waals surface area contributed by atoms with Gasteiger partial charge in [0.2, 0.25) is 5.91 Å². The zero-order chi connectivity index (χ0) is 17.2. The number of hydrogen-bond donors (Lipinski definition) is 2. The van der Waals surface area contributed by atoms with Crippen molar-refractivity contribution in [3.63, 3.8) is 0 Å². The number of nitrogens with one attached hydrogen (secondary N) is 2. The van der Waals surface area contributed by atoms with E-state index < -0.39 is 5.41 Å². The smallest absolute Gasteiger partial charge is 0.251 e. The van der Waals surface area contributed by atoms with Crippen molar-refractivity contribution in [2.24, 2.45) is 0 Å². The lowest BCUT2D eigenvalue weighted by molar-refractivity contribution is -0.124. The fraction of sp³-hybridized carbons (Fsp3) is 0.263. The Bertz CT molecular complexity index is 784. The number of halogens is 1. The van der Waals surface area contributed by atoms with Crippen molar-refractivity contribution in [3.8, 4) is 0 Å². The fourth-order valence-electron chi connectivity index (χ4n) is 3.10. The molecule has 1 aliphatic carbocycles. The molecule has 2 amide bonds. The van der Waals surface area contributed by atoms with Gasteiger partial charge in [0.25, 0.3) is 5.91 Å². The van der Waals surface area contributed by atoms with Gasteiger partial charge in [0, 0.05) is 23.3 Å². The van der Waals surface area contributed by atoms with Crippen molar-refractivity contribution in [1.29, 1.82) is 0 Å². The maximum Gasteiger partial charge on any atom is 0.251 e. The van der Waals surface area contributed by atoms with E-state index in [2.05, 4.69) is 10.6 Å². The number of anilines is 1. The van der Waals surface area contributed by atoms with Crippen LogP contribution >= 0.6 is 11.6 Å². The maximum atomic E-state index is 12.9. The zero-order valence-corrected chi connectivity index (χ0v) is 14.2. The number of carbonyl (C=O) groups is 2. The molecule has 1 aliphatic rings. The Morgan fingerprint density at radius 2 is 1.83 bits per heavy atom. The molecule has 5 heteroatoms. The van der Waals surface area contributed by atoms with Gasteiger partial charge in [-0.3, -0.25) is 9.59 Å². The van der Waals surface area contributed by atoms with Crippen molar-refractivity contribution in [2.75, 3.05) is 12.4 Å². The van der Waals surface area contributed by atoms with Crippen molar-refractivity contribution in [1.82, 2.24) is 5.32 Å². The zero-order valence-electron chi connectivity index (χ0n) is 13.4. The average molecular weight is 343 g/mol. The first kappa shape index (κ1) is 16.5. The number of benzene rings is 2. The SMILES string of the molecule is CNC(=O)c1cccc(NC(=O)C2(c3cccc(Cl)c3)CCC2)c1. The average Bonchev–Trinajstić information content (AvgIpc) is 2.53. The predicted octanol–water partition coefficient (Wildman–Crippen LogP) is 3.76. The van der Waals surface area contributed by atoms with Crippen LogP contribution in [0.15, 0.2) is 48.5 Å². The van der Waals surface area contributed by atoms with Gasteiger partial charge in [0.1, 0.15) is 0 Å². The van der Waals surface area contributed by atoms with E-state index in [0.29, 0.717) is 16.3 Å². The maximum absolute atomic E-state index is 12.9. The minimum absolute atomic E-state index is 0.0509. The molecule has 0 saturated heterocycles. The van der Waals surface area contributed by atoms with Crippen LogP contribution in [0.3, 0.4) is 0 Å². The van der Waals surface area contributed by atoms with E-state index >= 15 is 0 Å². The molecule has 0 spiro atoms. The van der Waals surface area contributed by atoms with Gasteiger partial charge in [-0.25, -0.2) is 0 Å². The van der Waals surface area contributed by atoms with Crippen molar-refractivity contribution in [3.05, 3.63) is 64.7 Å². The molecule has 0 aromatic heterocycles.